The fourth-order valence-electron chi connectivity index (χ4n) is 3.63. The molecule has 4 rings (SSSR count). The first-order valence-electron chi connectivity index (χ1n) is 10.4. The van der Waals surface area contributed by atoms with Gasteiger partial charge in [-0.15, -0.1) is 5.10 Å². The van der Waals surface area contributed by atoms with Gasteiger partial charge in [-0.2, -0.15) is 4.98 Å². The minimum atomic E-state index is -0.577. The summed E-state index contributed by atoms with van der Waals surface area (Å²) >= 11 is 0. The number of likely N-dealkylation sites (tertiary alicyclic amines) is 1. The van der Waals surface area contributed by atoms with E-state index in [2.05, 4.69) is 15.4 Å². The van der Waals surface area contributed by atoms with Gasteiger partial charge in [0.1, 0.15) is 23.6 Å². The molecule has 1 aliphatic heterocycles. The third-order valence-corrected chi connectivity index (χ3v) is 5.10. The third kappa shape index (κ3) is 5.04. The molecule has 9 heteroatoms. The van der Waals surface area contributed by atoms with E-state index in [0.29, 0.717) is 42.4 Å². The van der Waals surface area contributed by atoms with Crippen molar-refractivity contribution in [3.05, 3.63) is 66.0 Å². The minimum Gasteiger partial charge on any atom is -0.444 e. The van der Waals surface area contributed by atoms with Crippen LogP contribution < -0.4 is 5.32 Å². The van der Waals surface area contributed by atoms with Crippen LogP contribution in [0, 0.1) is 11.6 Å². The Bertz CT molecular complexity index is 1130. The number of ether oxygens (including phenoxy) is 1. The average molecular weight is 441 g/mol. The normalized spacial score (nSPS) is 16.3. The molecular formula is C23H25F2N5O2. The van der Waals surface area contributed by atoms with Crippen LogP contribution in [0.5, 0.6) is 0 Å². The summed E-state index contributed by atoms with van der Waals surface area (Å²) in [6, 6.07) is 10.7. The lowest BCUT2D eigenvalue weighted by molar-refractivity contribution is 0.0292. The van der Waals surface area contributed by atoms with Crippen LogP contribution in [0.15, 0.2) is 48.8 Å². The van der Waals surface area contributed by atoms with E-state index in [9.17, 15) is 13.6 Å². The highest BCUT2D eigenvalue weighted by Crippen LogP contribution is 2.32. The fourth-order valence-corrected chi connectivity index (χ4v) is 3.63. The highest BCUT2D eigenvalue weighted by atomic mass is 19.1. The number of amides is 1. The van der Waals surface area contributed by atoms with E-state index in [4.69, 9.17) is 4.74 Å². The first-order valence-corrected chi connectivity index (χ1v) is 10.4. The molecule has 1 aliphatic rings. The molecule has 0 radical (unpaired) electrons. The van der Waals surface area contributed by atoms with E-state index < -0.39 is 5.60 Å². The summed E-state index contributed by atoms with van der Waals surface area (Å²) in [4.78, 5) is 18.1. The number of aromatic nitrogens is 3. The second-order valence-corrected chi connectivity index (χ2v) is 8.77. The van der Waals surface area contributed by atoms with Crippen LogP contribution in [-0.4, -0.2) is 44.4 Å². The fraction of sp³-hybridized carbons (Fsp3) is 0.348. The first-order chi connectivity index (χ1) is 15.2. The van der Waals surface area contributed by atoms with Gasteiger partial charge in [0.15, 0.2) is 0 Å². The number of rotatable bonds is 4. The molecule has 0 aliphatic carbocycles. The molecule has 0 saturated carbocycles. The number of carbonyl (C=O) groups is 1. The van der Waals surface area contributed by atoms with Crippen molar-refractivity contribution in [2.75, 3.05) is 18.4 Å². The van der Waals surface area contributed by atoms with Crippen molar-refractivity contribution < 1.29 is 18.3 Å². The molecule has 0 bridgehead atoms. The maximum absolute atomic E-state index is 14.6. The van der Waals surface area contributed by atoms with E-state index in [1.165, 1.54) is 29.2 Å². The van der Waals surface area contributed by atoms with Crippen molar-refractivity contribution in [2.45, 2.75) is 38.7 Å². The lowest BCUT2D eigenvalue weighted by Gasteiger charge is -2.24. The van der Waals surface area contributed by atoms with Crippen LogP contribution >= 0.6 is 0 Å². The molecule has 2 aromatic carbocycles. The number of nitrogens with zero attached hydrogens (tertiary/aromatic N) is 4. The molecule has 1 atom stereocenters. The van der Waals surface area contributed by atoms with Crippen LogP contribution in [0.3, 0.4) is 0 Å². The van der Waals surface area contributed by atoms with E-state index >= 15 is 0 Å². The van der Waals surface area contributed by atoms with E-state index in [1.807, 2.05) is 20.8 Å². The Kier molecular flexibility index (Phi) is 5.82. The summed E-state index contributed by atoms with van der Waals surface area (Å²) in [7, 11) is 0. The largest absolute Gasteiger partial charge is 0.444 e. The van der Waals surface area contributed by atoms with Gasteiger partial charge in [-0.05, 0) is 69.2 Å². The minimum absolute atomic E-state index is 0.137. The Hall–Kier alpha value is -3.49. The average Bonchev–Trinajstić information content (AvgIpc) is 3.38. The zero-order valence-electron chi connectivity index (χ0n) is 18.2. The van der Waals surface area contributed by atoms with Crippen molar-refractivity contribution in [1.29, 1.82) is 0 Å². The molecule has 32 heavy (non-hydrogen) atoms. The Morgan fingerprint density at radius 2 is 2.00 bits per heavy atom. The van der Waals surface area contributed by atoms with Gasteiger partial charge in [0.2, 0.25) is 5.95 Å². The maximum atomic E-state index is 14.6. The molecule has 0 spiro atoms. The van der Waals surface area contributed by atoms with Crippen molar-refractivity contribution in [2.24, 2.45) is 0 Å². The van der Waals surface area contributed by atoms with Crippen molar-refractivity contribution in [1.82, 2.24) is 19.7 Å². The highest BCUT2D eigenvalue weighted by Gasteiger charge is 2.31. The number of carbonyl (C=O) groups excluding carboxylic acids is 1. The quantitative estimate of drug-likeness (QED) is 0.616. The Morgan fingerprint density at radius 1 is 1.19 bits per heavy atom. The third-order valence-electron chi connectivity index (χ3n) is 5.10. The number of benzene rings is 2. The molecular weight excluding hydrogens is 416 g/mol. The number of anilines is 2. The van der Waals surface area contributed by atoms with E-state index in [0.717, 1.165) is 0 Å². The Morgan fingerprint density at radius 3 is 2.75 bits per heavy atom. The van der Waals surface area contributed by atoms with Gasteiger partial charge < -0.3 is 15.0 Å². The van der Waals surface area contributed by atoms with Crippen molar-refractivity contribution in [3.8, 4) is 5.69 Å². The van der Waals surface area contributed by atoms with Gasteiger partial charge in [-0.3, -0.25) is 0 Å². The topological polar surface area (TPSA) is 72.3 Å². The molecule has 7 nitrogen and oxygen atoms in total. The predicted molar refractivity (Wildman–Crippen MR) is 116 cm³/mol. The van der Waals surface area contributed by atoms with Crippen LogP contribution in [0.1, 0.15) is 38.7 Å². The molecule has 1 aromatic heterocycles. The van der Waals surface area contributed by atoms with Gasteiger partial charge in [0, 0.05) is 24.7 Å². The smallest absolute Gasteiger partial charge is 0.410 e. The second kappa shape index (κ2) is 8.57. The molecule has 1 saturated heterocycles. The second-order valence-electron chi connectivity index (χ2n) is 8.77. The van der Waals surface area contributed by atoms with E-state index in [-0.39, 0.29) is 23.6 Å². The standard InChI is InChI=1S/C23H25F2N5O2/c1-23(2,3)32-22(31)29-10-9-15(13-29)19-12-17(7-8-20(19)25)27-21-26-14-30(28-21)18-6-4-5-16(24)11-18/h4-8,11-12,14-15H,9-10,13H2,1-3H3,(H,27,28). The van der Waals surface area contributed by atoms with Crippen molar-refractivity contribution in [3.63, 3.8) is 0 Å². The number of halogens is 2. The number of hydrogen-bond donors (Lipinski definition) is 1. The monoisotopic (exact) mass is 441 g/mol. The molecule has 1 fully saturated rings. The Labute approximate surface area is 185 Å². The molecule has 168 valence electrons. The van der Waals surface area contributed by atoms with Gasteiger partial charge in [0.05, 0.1) is 5.69 Å². The summed E-state index contributed by atoms with van der Waals surface area (Å²) in [5.41, 5.74) is 1.10. The zero-order valence-corrected chi connectivity index (χ0v) is 18.2. The summed E-state index contributed by atoms with van der Waals surface area (Å²) < 4.78 is 34.9. The summed E-state index contributed by atoms with van der Waals surface area (Å²) in [5, 5.41) is 7.36. The molecule has 2 heterocycles. The Balaban J connectivity index is 1.46. The number of nitrogens with one attached hydrogen (secondary N) is 1. The highest BCUT2D eigenvalue weighted by molar-refractivity contribution is 5.68. The lowest BCUT2D eigenvalue weighted by atomic mass is 9.97. The van der Waals surface area contributed by atoms with Crippen LogP contribution in [-0.2, 0) is 4.74 Å². The van der Waals surface area contributed by atoms with Gasteiger partial charge in [0.25, 0.3) is 0 Å². The summed E-state index contributed by atoms with van der Waals surface area (Å²) in [6.45, 7) is 6.35. The SMILES string of the molecule is CC(C)(C)OC(=O)N1CCC(c2cc(Nc3ncn(-c4cccc(F)c4)n3)ccc2F)C1. The maximum Gasteiger partial charge on any atom is 0.410 e. The zero-order chi connectivity index (χ0) is 22.9. The van der Waals surface area contributed by atoms with Gasteiger partial charge in [-0.25, -0.2) is 18.3 Å². The predicted octanol–water partition coefficient (Wildman–Crippen LogP) is 5.01. The summed E-state index contributed by atoms with van der Waals surface area (Å²) in [6.07, 6.45) is 1.73. The first kappa shape index (κ1) is 21.7. The van der Waals surface area contributed by atoms with Gasteiger partial charge >= 0.3 is 6.09 Å². The molecule has 1 unspecified atom stereocenters. The lowest BCUT2D eigenvalue weighted by Crippen LogP contribution is -2.35. The number of hydrogen-bond acceptors (Lipinski definition) is 5. The summed E-state index contributed by atoms with van der Waals surface area (Å²) in [5.74, 6) is -0.534. The van der Waals surface area contributed by atoms with Crippen LogP contribution in [0.4, 0.5) is 25.2 Å². The molecule has 1 N–H and O–H groups in total. The van der Waals surface area contributed by atoms with Crippen molar-refractivity contribution >= 4 is 17.7 Å². The molecule has 3 aromatic rings. The molecule has 1 amide bonds. The van der Waals surface area contributed by atoms with Gasteiger partial charge in [-0.1, -0.05) is 6.07 Å². The van der Waals surface area contributed by atoms with Crippen LogP contribution in [0.25, 0.3) is 5.69 Å². The van der Waals surface area contributed by atoms with E-state index in [1.54, 1.807) is 29.2 Å². The van der Waals surface area contributed by atoms with Crippen LogP contribution in [0.2, 0.25) is 0 Å².